The van der Waals surface area contributed by atoms with Gasteiger partial charge in [-0.2, -0.15) is 13.2 Å². The molecule has 0 spiro atoms. The highest BCUT2D eigenvalue weighted by molar-refractivity contribution is 5.20. The maximum absolute atomic E-state index is 12.1. The minimum atomic E-state index is -4.29. The Morgan fingerprint density at radius 3 is 2.35 bits per heavy atom. The summed E-state index contributed by atoms with van der Waals surface area (Å²) in [7, 11) is 0. The van der Waals surface area contributed by atoms with Crippen LogP contribution in [0.5, 0.6) is 5.75 Å². The van der Waals surface area contributed by atoms with Crippen molar-refractivity contribution in [3.05, 3.63) is 30.3 Å². The summed E-state index contributed by atoms with van der Waals surface area (Å²) in [6.45, 7) is 0.411. The predicted octanol–water partition coefficient (Wildman–Crippen LogP) is 3.13. The normalized spacial score (nSPS) is 13.4. The van der Waals surface area contributed by atoms with E-state index >= 15 is 0 Å². The Kier molecular flexibility index (Phi) is 5.28. The summed E-state index contributed by atoms with van der Waals surface area (Å²) in [6, 6.07) is 7.45. The molecule has 96 valence electrons. The van der Waals surface area contributed by atoms with Crippen molar-refractivity contribution in [2.24, 2.45) is 5.73 Å². The lowest BCUT2D eigenvalue weighted by atomic mass is 10.1. The molecule has 1 atom stereocenters. The van der Waals surface area contributed by atoms with Gasteiger partial charge in [0, 0.05) is 0 Å². The smallest absolute Gasteiger partial charge is 0.403 e. The maximum Gasteiger partial charge on any atom is 0.403 e. The van der Waals surface area contributed by atoms with Gasteiger partial charge in [0.1, 0.15) is 11.8 Å². The zero-order valence-corrected chi connectivity index (χ0v) is 9.41. The summed E-state index contributed by atoms with van der Waals surface area (Å²) in [5, 5.41) is 0. The van der Waals surface area contributed by atoms with E-state index in [-0.39, 0.29) is 6.42 Å². The van der Waals surface area contributed by atoms with Crippen molar-refractivity contribution in [3.8, 4) is 5.75 Å². The van der Waals surface area contributed by atoms with Gasteiger partial charge in [-0.05, 0) is 31.4 Å². The van der Waals surface area contributed by atoms with Gasteiger partial charge in [0.05, 0.1) is 6.61 Å². The summed E-state index contributed by atoms with van der Waals surface area (Å²) < 4.78 is 41.6. The first-order valence-corrected chi connectivity index (χ1v) is 5.50. The first-order valence-electron chi connectivity index (χ1n) is 5.50. The molecule has 2 nitrogen and oxygen atoms in total. The molecule has 1 aromatic rings. The quantitative estimate of drug-likeness (QED) is 0.784. The molecule has 0 aliphatic carbocycles. The van der Waals surface area contributed by atoms with Crippen molar-refractivity contribution < 1.29 is 17.9 Å². The molecule has 0 bridgehead atoms. The lowest BCUT2D eigenvalue weighted by Crippen LogP contribution is -2.37. The van der Waals surface area contributed by atoms with E-state index in [1.165, 1.54) is 0 Å². The zero-order chi connectivity index (χ0) is 12.7. The first-order chi connectivity index (χ1) is 8.00. The van der Waals surface area contributed by atoms with E-state index < -0.39 is 12.2 Å². The highest BCUT2D eigenvalue weighted by atomic mass is 19.4. The number of para-hydroxylation sites is 1. The first kappa shape index (κ1) is 13.8. The Bertz CT molecular complexity index is 313. The van der Waals surface area contributed by atoms with Gasteiger partial charge in [0.15, 0.2) is 0 Å². The molecule has 2 N–H and O–H groups in total. The summed E-state index contributed by atoms with van der Waals surface area (Å²) in [5.41, 5.74) is 4.98. The molecule has 1 unspecified atom stereocenters. The van der Waals surface area contributed by atoms with E-state index in [4.69, 9.17) is 10.5 Å². The van der Waals surface area contributed by atoms with Crippen LogP contribution in [0.4, 0.5) is 13.2 Å². The van der Waals surface area contributed by atoms with E-state index in [1.807, 2.05) is 18.2 Å². The van der Waals surface area contributed by atoms with Gasteiger partial charge in [-0.25, -0.2) is 0 Å². The van der Waals surface area contributed by atoms with E-state index in [1.54, 1.807) is 12.1 Å². The number of ether oxygens (including phenoxy) is 1. The van der Waals surface area contributed by atoms with Crippen LogP contribution < -0.4 is 10.5 Å². The van der Waals surface area contributed by atoms with Crippen LogP contribution in [0.2, 0.25) is 0 Å². The molecule has 17 heavy (non-hydrogen) atoms. The molecular weight excluding hydrogens is 231 g/mol. The van der Waals surface area contributed by atoms with Crippen molar-refractivity contribution >= 4 is 0 Å². The van der Waals surface area contributed by atoms with Gasteiger partial charge in [0.25, 0.3) is 0 Å². The third kappa shape index (κ3) is 5.58. The Morgan fingerprint density at radius 2 is 1.76 bits per heavy atom. The number of rotatable bonds is 6. The van der Waals surface area contributed by atoms with E-state index in [9.17, 15) is 13.2 Å². The number of benzene rings is 1. The summed E-state index contributed by atoms with van der Waals surface area (Å²) in [5.74, 6) is 0.729. The molecule has 1 rings (SSSR count). The fraction of sp³-hybridized carbons (Fsp3) is 0.500. The number of unbranched alkanes of at least 4 members (excludes halogenated alkanes) is 1. The number of hydrogen-bond acceptors (Lipinski definition) is 2. The van der Waals surface area contributed by atoms with Crippen molar-refractivity contribution in [1.82, 2.24) is 0 Å². The predicted molar refractivity (Wildman–Crippen MR) is 59.8 cm³/mol. The van der Waals surface area contributed by atoms with Crippen molar-refractivity contribution in [3.63, 3.8) is 0 Å². The minimum absolute atomic E-state index is 0.0539. The molecule has 0 heterocycles. The second kappa shape index (κ2) is 6.49. The minimum Gasteiger partial charge on any atom is -0.494 e. The fourth-order valence-corrected chi connectivity index (χ4v) is 1.34. The van der Waals surface area contributed by atoms with Gasteiger partial charge in [0.2, 0.25) is 0 Å². The topological polar surface area (TPSA) is 35.2 Å². The van der Waals surface area contributed by atoms with E-state index in [2.05, 4.69) is 0 Å². The van der Waals surface area contributed by atoms with Crippen molar-refractivity contribution in [2.45, 2.75) is 31.5 Å². The van der Waals surface area contributed by atoms with Gasteiger partial charge in [-0.1, -0.05) is 18.2 Å². The van der Waals surface area contributed by atoms with Gasteiger partial charge in [-0.3, -0.25) is 0 Å². The van der Waals surface area contributed by atoms with E-state index in [0.29, 0.717) is 19.4 Å². The summed E-state index contributed by atoms with van der Waals surface area (Å²) >= 11 is 0. The second-order valence-electron chi connectivity index (χ2n) is 3.81. The second-order valence-corrected chi connectivity index (χ2v) is 3.81. The largest absolute Gasteiger partial charge is 0.494 e. The molecular formula is C12H16F3NO. The standard InChI is InChI=1S/C12H16F3NO/c13-12(14,15)11(16)8-4-5-9-17-10-6-2-1-3-7-10/h1-3,6-7,11H,4-5,8-9,16H2. The lowest BCUT2D eigenvalue weighted by molar-refractivity contribution is -0.149. The van der Waals surface area contributed by atoms with E-state index in [0.717, 1.165) is 5.75 Å². The third-order valence-electron chi connectivity index (χ3n) is 2.34. The highest BCUT2D eigenvalue weighted by Gasteiger charge is 2.35. The number of halogens is 3. The molecule has 0 aliphatic rings. The number of nitrogens with two attached hydrogens (primary N) is 1. The Hall–Kier alpha value is -1.23. The van der Waals surface area contributed by atoms with Crippen LogP contribution >= 0.6 is 0 Å². The van der Waals surface area contributed by atoms with Crippen LogP contribution in [0.15, 0.2) is 30.3 Å². The molecule has 1 aromatic carbocycles. The lowest BCUT2D eigenvalue weighted by Gasteiger charge is -2.15. The van der Waals surface area contributed by atoms with Gasteiger partial charge in [-0.15, -0.1) is 0 Å². The van der Waals surface area contributed by atoms with Crippen molar-refractivity contribution in [1.29, 1.82) is 0 Å². The average molecular weight is 247 g/mol. The molecule has 0 radical (unpaired) electrons. The molecule has 0 fully saturated rings. The molecule has 5 heteroatoms. The average Bonchev–Trinajstić information content (AvgIpc) is 2.28. The van der Waals surface area contributed by atoms with Crippen LogP contribution in [-0.2, 0) is 0 Å². The highest BCUT2D eigenvalue weighted by Crippen LogP contribution is 2.22. The SMILES string of the molecule is NC(CCCCOc1ccccc1)C(F)(F)F. The molecule has 0 saturated carbocycles. The van der Waals surface area contributed by atoms with Crippen LogP contribution in [0, 0.1) is 0 Å². The van der Waals surface area contributed by atoms with Crippen LogP contribution in [0.25, 0.3) is 0 Å². The summed E-state index contributed by atoms with van der Waals surface area (Å²) in [4.78, 5) is 0. The third-order valence-corrected chi connectivity index (χ3v) is 2.34. The number of hydrogen-bond donors (Lipinski definition) is 1. The maximum atomic E-state index is 12.1. The Balaban J connectivity index is 2.09. The fourth-order valence-electron chi connectivity index (χ4n) is 1.34. The molecule has 0 saturated heterocycles. The molecule has 0 aromatic heterocycles. The zero-order valence-electron chi connectivity index (χ0n) is 9.41. The monoisotopic (exact) mass is 247 g/mol. The van der Waals surface area contributed by atoms with Crippen LogP contribution in [0.1, 0.15) is 19.3 Å². The summed E-state index contributed by atoms with van der Waals surface area (Å²) in [6.07, 6.45) is -3.37. The Labute approximate surface area is 98.6 Å². The van der Waals surface area contributed by atoms with Crippen LogP contribution in [0.3, 0.4) is 0 Å². The Morgan fingerprint density at radius 1 is 1.12 bits per heavy atom. The molecule has 0 aliphatic heterocycles. The van der Waals surface area contributed by atoms with Crippen molar-refractivity contribution in [2.75, 3.05) is 6.61 Å². The van der Waals surface area contributed by atoms with Gasteiger partial charge >= 0.3 is 6.18 Å². The van der Waals surface area contributed by atoms with Gasteiger partial charge < -0.3 is 10.5 Å². The molecule has 0 amide bonds. The number of alkyl halides is 3. The van der Waals surface area contributed by atoms with Crippen LogP contribution in [-0.4, -0.2) is 18.8 Å².